The van der Waals surface area contributed by atoms with Gasteiger partial charge in [-0.15, -0.1) is 0 Å². The molecule has 0 radical (unpaired) electrons. The number of rotatable bonds is 8. The number of amides is 2. The smallest absolute Gasteiger partial charge is 0.269 e. The number of methoxy groups -OCH3 is 1. The van der Waals surface area contributed by atoms with Gasteiger partial charge in [0.15, 0.2) is 11.5 Å². The highest BCUT2D eigenvalue weighted by molar-refractivity contribution is 6.30. The van der Waals surface area contributed by atoms with Crippen LogP contribution in [0.4, 0.5) is 8.78 Å². The highest BCUT2D eigenvalue weighted by Crippen LogP contribution is 2.27. The van der Waals surface area contributed by atoms with Crippen LogP contribution in [-0.2, 0) is 27.3 Å². The topological polar surface area (TPSA) is 120 Å². The molecule has 1 aliphatic rings. The van der Waals surface area contributed by atoms with Crippen LogP contribution in [0.5, 0.6) is 0 Å². The van der Waals surface area contributed by atoms with E-state index in [1.54, 1.807) is 12.1 Å². The number of pyridine rings is 1. The van der Waals surface area contributed by atoms with E-state index in [1.165, 1.54) is 36.3 Å². The number of likely N-dealkylation sites (tertiary alicyclic amines) is 1. The molecule has 2 amide bonds. The molecular formula is C23H22ClF2N5O4. The van der Waals surface area contributed by atoms with Crippen molar-refractivity contribution in [1.82, 2.24) is 19.7 Å². The first-order valence-electron chi connectivity index (χ1n) is 10.7. The fraction of sp³-hybridized carbons (Fsp3) is 0.348. The summed E-state index contributed by atoms with van der Waals surface area (Å²) in [6.07, 6.45) is -0.0274. The molecule has 1 aromatic carbocycles. The number of ketones is 1. The Kier molecular flexibility index (Phi) is 7.08. The van der Waals surface area contributed by atoms with E-state index in [4.69, 9.17) is 22.1 Å². The molecule has 0 unspecified atom stereocenters. The van der Waals surface area contributed by atoms with E-state index >= 15 is 0 Å². The minimum absolute atomic E-state index is 0.0224. The van der Waals surface area contributed by atoms with Crippen LogP contribution in [0.25, 0.3) is 10.9 Å². The number of aryl methyl sites for hydroxylation is 1. The van der Waals surface area contributed by atoms with Crippen molar-refractivity contribution < 1.29 is 27.9 Å². The van der Waals surface area contributed by atoms with E-state index in [9.17, 15) is 23.2 Å². The molecule has 3 aromatic rings. The zero-order chi connectivity index (χ0) is 25.3. The first kappa shape index (κ1) is 24.7. The zero-order valence-electron chi connectivity index (χ0n) is 18.7. The van der Waals surface area contributed by atoms with E-state index in [2.05, 4.69) is 10.1 Å². The third-order valence-corrected chi connectivity index (χ3v) is 6.33. The van der Waals surface area contributed by atoms with E-state index in [-0.39, 0.29) is 42.2 Å². The minimum atomic E-state index is -1.60. The number of ether oxygens (including phenoxy) is 1. The highest BCUT2D eigenvalue weighted by atomic mass is 35.5. The van der Waals surface area contributed by atoms with Gasteiger partial charge in [0.05, 0.1) is 23.3 Å². The summed E-state index contributed by atoms with van der Waals surface area (Å²) in [5.74, 6) is -2.49. The Morgan fingerprint density at radius 3 is 2.77 bits per heavy atom. The van der Waals surface area contributed by atoms with E-state index in [0.717, 1.165) is 4.90 Å². The number of benzene rings is 1. The number of aromatic nitrogens is 3. The fourth-order valence-corrected chi connectivity index (χ4v) is 4.55. The van der Waals surface area contributed by atoms with Crippen molar-refractivity contribution >= 4 is 40.1 Å². The Morgan fingerprint density at radius 2 is 2.06 bits per heavy atom. The number of primary amides is 1. The van der Waals surface area contributed by atoms with Crippen molar-refractivity contribution in [3.63, 3.8) is 0 Å². The Balaban J connectivity index is 1.56. The third-order valence-electron chi connectivity index (χ3n) is 6.04. The second-order valence-corrected chi connectivity index (χ2v) is 8.56. The predicted octanol–water partition coefficient (Wildman–Crippen LogP) is 2.09. The molecule has 2 N–H and O–H groups in total. The summed E-state index contributed by atoms with van der Waals surface area (Å²) in [6.45, 7) is -0.745. The number of hydrogen-bond donors (Lipinski definition) is 1. The Labute approximate surface area is 203 Å². The van der Waals surface area contributed by atoms with Crippen LogP contribution in [0.1, 0.15) is 22.5 Å². The average Bonchev–Trinajstić information content (AvgIpc) is 3.37. The van der Waals surface area contributed by atoms with Gasteiger partial charge in [-0.3, -0.25) is 24.0 Å². The number of carbonyl (C=O) groups is 3. The van der Waals surface area contributed by atoms with Crippen LogP contribution in [0, 0.1) is 5.82 Å². The fourth-order valence-electron chi connectivity index (χ4n) is 4.36. The summed E-state index contributed by atoms with van der Waals surface area (Å²) in [6, 6.07) is 4.80. The summed E-state index contributed by atoms with van der Waals surface area (Å²) in [5, 5.41) is 4.46. The quantitative estimate of drug-likeness (QED) is 0.500. The van der Waals surface area contributed by atoms with E-state index < -0.39 is 41.7 Å². The number of Topliss-reactive ketones (excluding diaryl/α,β-unsaturated/α-hetero) is 1. The lowest BCUT2D eigenvalue weighted by Crippen LogP contribution is -2.47. The van der Waals surface area contributed by atoms with Gasteiger partial charge >= 0.3 is 0 Å². The van der Waals surface area contributed by atoms with Gasteiger partial charge in [-0.25, -0.2) is 8.78 Å². The number of nitrogens with two attached hydrogens (primary N) is 1. The molecule has 9 nitrogen and oxygen atoms in total. The van der Waals surface area contributed by atoms with Gasteiger partial charge < -0.3 is 15.4 Å². The maximum absolute atomic E-state index is 14.7. The van der Waals surface area contributed by atoms with Crippen molar-refractivity contribution in [2.24, 2.45) is 5.73 Å². The minimum Gasteiger partial charge on any atom is -0.376 e. The van der Waals surface area contributed by atoms with Gasteiger partial charge in [0.25, 0.3) is 5.91 Å². The molecule has 1 saturated heterocycles. The summed E-state index contributed by atoms with van der Waals surface area (Å²) in [7, 11) is 1.26. The monoisotopic (exact) mass is 505 g/mol. The lowest BCUT2D eigenvalue weighted by molar-refractivity contribution is -0.140. The molecule has 0 bridgehead atoms. The maximum Gasteiger partial charge on any atom is 0.269 e. The van der Waals surface area contributed by atoms with Crippen molar-refractivity contribution in [1.29, 1.82) is 0 Å². The Morgan fingerprint density at radius 1 is 1.29 bits per heavy atom. The van der Waals surface area contributed by atoms with Crippen LogP contribution in [-0.4, -0.2) is 69.2 Å². The summed E-state index contributed by atoms with van der Waals surface area (Å²) >= 11 is 5.80. The number of hydrogen-bond acceptors (Lipinski definition) is 6. The molecule has 1 aliphatic heterocycles. The van der Waals surface area contributed by atoms with Crippen LogP contribution in [0.15, 0.2) is 36.7 Å². The van der Waals surface area contributed by atoms with Gasteiger partial charge in [0, 0.05) is 25.1 Å². The van der Waals surface area contributed by atoms with Crippen LogP contribution in [0.2, 0.25) is 5.02 Å². The van der Waals surface area contributed by atoms with Gasteiger partial charge in [-0.2, -0.15) is 5.10 Å². The van der Waals surface area contributed by atoms with Gasteiger partial charge in [-0.05, 0) is 24.1 Å². The van der Waals surface area contributed by atoms with E-state index in [1.807, 2.05) is 0 Å². The lowest BCUT2D eigenvalue weighted by atomic mass is 9.99. The van der Waals surface area contributed by atoms with Crippen LogP contribution in [0.3, 0.4) is 0 Å². The first-order valence-corrected chi connectivity index (χ1v) is 11.1. The number of halogens is 3. The van der Waals surface area contributed by atoms with Crippen molar-refractivity contribution in [3.05, 3.63) is 58.8 Å². The number of alkyl halides is 1. The molecule has 3 atom stereocenters. The van der Waals surface area contributed by atoms with Crippen molar-refractivity contribution in [2.75, 3.05) is 13.7 Å². The normalized spacial score (nSPS) is 19.9. The number of nitrogens with zero attached hydrogens (tertiary/aromatic N) is 4. The largest absolute Gasteiger partial charge is 0.376 e. The molecule has 2 aromatic heterocycles. The van der Waals surface area contributed by atoms with Crippen molar-refractivity contribution in [3.8, 4) is 0 Å². The zero-order valence-corrected chi connectivity index (χ0v) is 19.4. The average molecular weight is 506 g/mol. The van der Waals surface area contributed by atoms with Gasteiger partial charge in [0.2, 0.25) is 5.91 Å². The summed E-state index contributed by atoms with van der Waals surface area (Å²) in [5.41, 5.74) is 5.97. The molecule has 1 fully saturated rings. The Hall–Kier alpha value is -3.44. The molecule has 12 heteroatoms. The second-order valence-electron chi connectivity index (χ2n) is 8.15. The molecule has 0 saturated carbocycles. The second kappa shape index (κ2) is 10.0. The standard InChI is InChI=1S/C23H22ClF2N5O4/c1-35-22-15(25)10-30(21(22)17(32)6-5-12-3-2-4-14(24)19(12)26)18(33)11-31-16-9-28-8-7-13(16)20(29-31)23(27)34/h2-4,7-9,15,21-22H,5-6,10-11H2,1H3,(H2,27,34)/t15-,21+,22+/m0/s1. The maximum atomic E-state index is 14.7. The number of fused-ring (bicyclic) bond motifs is 1. The highest BCUT2D eigenvalue weighted by Gasteiger charge is 2.48. The SMILES string of the molecule is CO[C@H]1[C@@H](C(=O)CCc2cccc(Cl)c2F)N(C(=O)Cn2nc(C(N)=O)c3ccncc32)C[C@@H]1F. The first-order chi connectivity index (χ1) is 16.7. The van der Waals surface area contributed by atoms with Crippen LogP contribution >= 0.6 is 11.6 Å². The third kappa shape index (κ3) is 4.73. The molecule has 184 valence electrons. The molecule has 4 rings (SSSR count). The number of carbonyl (C=O) groups excluding carboxylic acids is 3. The molecular weight excluding hydrogens is 484 g/mol. The van der Waals surface area contributed by atoms with Crippen LogP contribution < -0.4 is 5.73 Å². The Bertz CT molecular complexity index is 1300. The lowest BCUT2D eigenvalue weighted by Gasteiger charge is -2.26. The molecule has 0 spiro atoms. The predicted molar refractivity (Wildman–Crippen MR) is 122 cm³/mol. The van der Waals surface area contributed by atoms with Gasteiger partial charge in [0.1, 0.15) is 30.7 Å². The van der Waals surface area contributed by atoms with Gasteiger partial charge in [-0.1, -0.05) is 23.7 Å². The molecule has 0 aliphatic carbocycles. The molecule has 3 heterocycles. The summed E-state index contributed by atoms with van der Waals surface area (Å²) < 4.78 is 35.4. The van der Waals surface area contributed by atoms with E-state index in [0.29, 0.717) is 10.9 Å². The molecule has 35 heavy (non-hydrogen) atoms. The van der Waals surface area contributed by atoms with Crippen molar-refractivity contribution in [2.45, 2.75) is 37.7 Å². The summed E-state index contributed by atoms with van der Waals surface area (Å²) in [4.78, 5) is 43.2.